The fourth-order valence-corrected chi connectivity index (χ4v) is 2.56. The Hall–Kier alpha value is -0.790. The van der Waals surface area contributed by atoms with Crippen molar-refractivity contribution in [3.05, 3.63) is 47.0 Å². The molecular weight excluding hydrogens is 423 g/mol. The molecule has 130 valence electrons. The van der Waals surface area contributed by atoms with Gasteiger partial charge in [-0.1, -0.05) is 55.8 Å². The van der Waals surface area contributed by atoms with Gasteiger partial charge >= 0.3 is 0 Å². The molecule has 1 aromatic carbocycles. The highest BCUT2D eigenvalue weighted by Gasteiger charge is 2.19. The van der Waals surface area contributed by atoms with Gasteiger partial charge in [-0.05, 0) is 31.6 Å². The van der Waals surface area contributed by atoms with Crippen molar-refractivity contribution in [2.45, 2.75) is 26.8 Å². The van der Waals surface area contributed by atoms with Crippen LogP contribution in [0.25, 0.3) is 0 Å². The molecule has 0 aliphatic heterocycles. The summed E-state index contributed by atoms with van der Waals surface area (Å²) < 4.78 is 0. The molecule has 0 bridgehead atoms. The van der Waals surface area contributed by atoms with Crippen molar-refractivity contribution in [3.8, 4) is 0 Å². The van der Waals surface area contributed by atoms with Gasteiger partial charge in [0.25, 0.3) is 0 Å². The topological polar surface area (TPSA) is 53.6 Å². The van der Waals surface area contributed by atoms with Crippen molar-refractivity contribution in [1.82, 2.24) is 10.2 Å². The number of aliphatic imine (C=N–C) groups is 1. The van der Waals surface area contributed by atoms with Crippen LogP contribution >= 0.6 is 35.6 Å². The molecule has 0 saturated heterocycles. The van der Waals surface area contributed by atoms with Gasteiger partial charge in [0.1, 0.15) is 0 Å². The summed E-state index contributed by atoms with van der Waals surface area (Å²) >= 11 is 6.36. The zero-order valence-corrected chi connectivity index (χ0v) is 17.3. The van der Waals surface area contributed by atoms with Crippen LogP contribution in [0.1, 0.15) is 32.4 Å². The molecule has 1 rings (SSSR count). The number of benzene rings is 1. The average Bonchev–Trinajstić information content (AvgIpc) is 2.50. The number of hydrogen-bond donors (Lipinski definition) is 2. The van der Waals surface area contributed by atoms with Crippen LogP contribution in [-0.4, -0.2) is 37.0 Å². The van der Waals surface area contributed by atoms with Gasteiger partial charge in [0, 0.05) is 11.6 Å². The lowest BCUT2D eigenvalue weighted by Gasteiger charge is -2.29. The average molecular weight is 451 g/mol. The summed E-state index contributed by atoms with van der Waals surface area (Å²) in [4.78, 5) is 6.80. The van der Waals surface area contributed by atoms with Crippen molar-refractivity contribution in [1.29, 1.82) is 0 Å². The van der Waals surface area contributed by atoms with E-state index in [1.807, 2.05) is 25.1 Å². The number of rotatable bonds is 8. The van der Waals surface area contributed by atoms with E-state index in [9.17, 15) is 0 Å². The number of hydrogen-bond acceptors (Lipinski definition) is 2. The first-order chi connectivity index (χ1) is 10.5. The van der Waals surface area contributed by atoms with E-state index in [1.54, 1.807) is 0 Å². The van der Waals surface area contributed by atoms with Crippen molar-refractivity contribution < 1.29 is 0 Å². The third kappa shape index (κ3) is 7.54. The van der Waals surface area contributed by atoms with Crippen LogP contribution in [0, 0.1) is 0 Å². The number of likely N-dealkylation sites (N-methyl/N-ethyl adjacent to an activating group) is 1. The van der Waals surface area contributed by atoms with E-state index >= 15 is 0 Å². The molecule has 0 fully saturated rings. The maximum atomic E-state index is 6.36. The lowest BCUT2D eigenvalue weighted by molar-refractivity contribution is 0.224. The van der Waals surface area contributed by atoms with Gasteiger partial charge in [-0.25, -0.2) is 0 Å². The molecule has 6 heteroatoms. The van der Waals surface area contributed by atoms with Crippen LogP contribution in [0.5, 0.6) is 0 Å². The molecule has 0 aliphatic rings. The SMILES string of the molecule is C=C(C)CNC(N)=NCC(c1ccccc1Cl)N(CC)CC.I. The van der Waals surface area contributed by atoms with Gasteiger partial charge in [0.15, 0.2) is 5.96 Å². The van der Waals surface area contributed by atoms with E-state index < -0.39 is 0 Å². The minimum absolute atomic E-state index is 0. The first-order valence-electron chi connectivity index (χ1n) is 7.66. The quantitative estimate of drug-likeness (QED) is 0.274. The Kier molecular flexibility index (Phi) is 11.3. The highest BCUT2D eigenvalue weighted by Crippen LogP contribution is 2.27. The smallest absolute Gasteiger partial charge is 0.188 e. The molecule has 1 aromatic rings. The first-order valence-corrected chi connectivity index (χ1v) is 8.04. The predicted octanol–water partition coefficient (Wildman–Crippen LogP) is 3.82. The lowest BCUT2D eigenvalue weighted by Crippen LogP contribution is -2.35. The van der Waals surface area contributed by atoms with Crippen molar-refractivity contribution in [2.75, 3.05) is 26.2 Å². The summed E-state index contributed by atoms with van der Waals surface area (Å²) in [6.45, 7) is 13.1. The maximum absolute atomic E-state index is 6.36. The molecule has 4 nitrogen and oxygen atoms in total. The molecule has 0 radical (unpaired) electrons. The fraction of sp³-hybridized carbons (Fsp3) is 0.471. The normalized spacial score (nSPS) is 12.7. The largest absolute Gasteiger partial charge is 0.370 e. The fourth-order valence-electron chi connectivity index (χ4n) is 2.30. The molecule has 1 unspecified atom stereocenters. The van der Waals surface area contributed by atoms with Crippen molar-refractivity contribution >= 4 is 41.5 Å². The van der Waals surface area contributed by atoms with E-state index in [4.69, 9.17) is 17.3 Å². The Balaban J connectivity index is 0.00000484. The Labute approximate surface area is 162 Å². The number of nitrogens with one attached hydrogen (secondary N) is 1. The van der Waals surface area contributed by atoms with Gasteiger partial charge in [-0.2, -0.15) is 0 Å². The highest BCUT2D eigenvalue weighted by atomic mass is 127. The van der Waals surface area contributed by atoms with Crippen molar-refractivity contribution in [3.63, 3.8) is 0 Å². The van der Waals surface area contributed by atoms with E-state index in [1.165, 1.54) is 0 Å². The van der Waals surface area contributed by atoms with Crippen LogP contribution in [0.15, 0.2) is 41.4 Å². The summed E-state index contributed by atoms with van der Waals surface area (Å²) in [7, 11) is 0. The summed E-state index contributed by atoms with van der Waals surface area (Å²) in [5.41, 5.74) is 8.02. The Morgan fingerprint density at radius 1 is 1.35 bits per heavy atom. The van der Waals surface area contributed by atoms with E-state index in [0.717, 1.165) is 29.2 Å². The minimum atomic E-state index is 0. The Morgan fingerprint density at radius 2 is 1.96 bits per heavy atom. The van der Waals surface area contributed by atoms with Crippen LogP contribution in [-0.2, 0) is 0 Å². The molecule has 0 heterocycles. The molecule has 0 aromatic heterocycles. The monoisotopic (exact) mass is 450 g/mol. The second-order valence-corrected chi connectivity index (χ2v) is 5.70. The van der Waals surface area contributed by atoms with Crippen LogP contribution in [0.2, 0.25) is 5.02 Å². The number of nitrogens with two attached hydrogens (primary N) is 1. The van der Waals surface area contributed by atoms with Gasteiger partial charge in [-0.15, -0.1) is 24.0 Å². The second kappa shape index (κ2) is 11.7. The number of halogens is 2. The molecule has 23 heavy (non-hydrogen) atoms. The maximum Gasteiger partial charge on any atom is 0.188 e. The summed E-state index contributed by atoms with van der Waals surface area (Å²) in [6.07, 6.45) is 0. The first kappa shape index (κ1) is 22.2. The van der Waals surface area contributed by atoms with Crippen LogP contribution in [0.3, 0.4) is 0 Å². The lowest BCUT2D eigenvalue weighted by atomic mass is 10.1. The Morgan fingerprint density at radius 3 is 2.48 bits per heavy atom. The number of guanidine groups is 1. The van der Waals surface area contributed by atoms with Gasteiger partial charge in [0.05, 0.1) is 12.6 Å². The molecular formula is C17H28ClIN4. The van der Waals surface area contributed by atoms with Gasteiger partial charge in [-0.3, -0.25) is 9.89 Å². The van der Waals surface area contributed by atoms with Crippen molar-refractivity contribution in [2.24, 2.45) is 10.7 Å². The Bertz CT molecular complexity index is 515. The summed E-state index contributed by atoms with van der Waals surface area (Å²) in [5.74, 6) is 0.437. The molecule has 0 saturated carbocycles. The van der Waals surface area contributed by atoms with Crippen LogP contribution < -0.4 is 11.1 Å². The van der Waals surface area contributed by atoms with Gasteiger partial charge in [0.2, 0.25) is 0 Å². The molecule has 3 N–H and O–H groups in total. The summed E-state index contributed by atoms with van der Waals surface area (Å²) in [5, 5.41) is 3.82. The van der Waals surface area contributed by atoms with E-state index in [2.05, 4.69) is 41.7 Å². The molecule has 0 aliphatic carbocycles. The predicted molar refractivity (Wildman–Crippen MR) is 112 cm³/mol. The minimum Gasteiger partial charge on any atom is -0.370 e. The molecule has 1 atom stereocenters. The highest BCUT2D eigenvalue weighted by molar-refractivity contribution is 14.0. The summed E-state index contributed by atoms with van der Waals surface area (Å²) in [6, 6.07) is 8.04. The zero-order chi connectivity index (χ0) is 16.5. The third-order valence-corrected chi connectivity index (χ3v) is 3.87. The van der Waals surface area contributed by atoms with Crippen LogP contribution in [0.4, 0.5) is 0 Å². The molecule has 0 amide bonds. The van der Waals surface area contributed by atoms with E-state index in [0.29, 0.717) is 19.0 Å². The van der Waals surface area contributed by atoms with Gasteiger partial charge < -0.3 is 11.1 Å². The second-order valence-electron chi connectivity index (χ2n) is 5.30. The third-order valence-electron chi connectivity index (χ3n) is 3.52. The molecule has 0 spiro atoms. The van der Waals surface area contributed by atoms with E-state index in [-0.39, 0.29) is 30.0 Å². The number of nitrogens with zero attached hydrogens (tertiary/aromatic N) is 2. The zero-order valence-electron chi connectivity index (χ0n) is 14.2. The standard InChI is InChI=1S/C17H27ClN4.HI/c1-5-22(6-2)16(14-9-7-8-10-15(14)18)12-21-17(19)20-11-13(3)4;/h7-10,16H,3,5-6,11-12H2,1-2,4H3,(H3,19,20,21);1H.